The number of sulfone groups is 1. The monoisotopic (exact) mass is 506 g/mol. The Bertz CT molecular complexity index is 1630. The summed E-state index contributed by atoms with van der Waals surface area (Å²) in [4.78, 5) is 8.17. The van der Waals surface area contributed by atoms with Crippen LogP contribution < -0.4 is 10.6 Å². The Morgan fingerprint density at radius 1 is 1.08 bits per heavy atom. The smallest absolute Gasteiger partial charge is 0.229 e. The van der Waals surface area contributed by atoms with E-state index in [0.29, 0.717) is 17.4 Å². The highest BCUT2D eigenvalue weighted by molar-refractivity contribution is 7.94. The third-order valence-corrected chi connectivity index (χ3v) is 6.88. The van der Waals surface area contributed by atoms with Crippen LogP contribution >= 0.6 is 0 Å². The van der Waals surface area contributed by atoms with Crippen molar-refractivity contribution in [2.45, 2.75) is 11.3 Å². The van der Waals surface area contributed by atoms with Gasteiger partial charge in [-0.15, -0.1) is 0 Å². The minimum Gasteiger partial charge on any atom is -0.324 e. The summed E-state index contributed by atoms with van der Waals surface area (Å²) < 4.78 is 54.2. The Morgan fingerprint density at radius 2 is 1.94 bits per heavy atom. The summed E-state index contributed by atoms with van der Waals surface area (Å²) >= 11 is 0. The molecule has 2 aromatic carbocycles. The standard InChI is InChI=1S/C25H20F2N6O2S/c1-33-11-9-23(32-33)30-24-18(10-12-36(34,35)22-8-6-19(26)14-21(22)27)15-28-25(31-24)29-20-7-5-16-3-2-4-17(16)13-20/h2,4-15H,3H2,1H3,(H2,28,29,30,31,32)/b12-10+. The molecule has 0 aliphatic heterocycles. The molecule has 36 heavy (non-hydrogen) atoms. The first-order valence-corrected chi connectivity index (χ1v) is 12.4. The molecule has 2 N–H and O–H groups in total. The van der Waals surface area contributed by atoms with Crippen LogP contribution in [0.2, 0.25) is 0 Å². The molecule has 4 aromatic rings. The van der Waals surface area contributed by atoms with Crippen molar-refractivity contribution < 1.29 is 17.2 Å². The van der Waals surface area contributed by atoms with E-state index in [-0.39, 0.29) is 11.8 Å². The van der Waals surface area contributed by atoms with Gasteiger partial charge in [0.25, 0.3) is 0 Å². The van der Waals surface area contributed by atoms with Crippen molar-refractivity contribution in [3.63, 3.8) is 0 Å². The number of halogens is 2. The number of hydrogen-bond donors (Lipinski definition) is 2. The largest absolute Gasteiger partial charge is 0.324 e. The maximum Gasteiger partial charge on any atom is 0.229 e. The second kappa shape index (κ2) is 9.34. The van der Waals surface area contributed by atoms with Gasteiger partial charge in [0, 0.05) is 48.2 Å². The maximum absolute atomic E-state index is 14.1. The highest BCUT2D eigenvalue weighted by Crippen LogP contribution is 2.27. The van der Waals surface area contributed by atoms with E-state index in [1.54, 1.807) is 24.0 Å². The lowest BCUT2D eigenvalue weighted by Crippen LogP contribution is -2.04. The average molecular weight is 507 g/mol. The molecule has 5 rings (SSSR count). The molecule has 0 saturated carbocycles. The molecule has 0 amide bonds. The number of benzene rings is 2. The topological polar surface area (TPSA) is 102 Å². The molecule has 0 saturated heterocycles. The van der Waals surface area contributed by atoms with E-state index >= 15 is 0 Å². The fourth-order valence-electron chi connectivity index (χ4n) is 3.67. The van der Waals surface area contributed by atoms with Crippen molar-refractivity contribution in [1.29, 1.82) is 0 Å². The predicted molar refractivity (Wildman–Crippen MR) is 134 cm³/mol. The molecule has 2 heterocycles. The number of nitrogens with one attached hydrogen (secondary N) is 2. The van der Waals surface area contributed by atoms with Gasteiger partial charge in [-0.3, -0.25) is 4.68 Å². The number of aryl methyl sites for hydroxylation is 1. The molecule has 11 heteroatoms. The number of anilines is 4. The van der Waals surface area contributed by atoms with E-state index < -0.39 is 26.4 Å². The van der Waals surface area contributed by atoms with E-state index in [2.05, 4.69) is 31.8 Å². The second-order valence-electron chi connectivity index (χ2n) is 8.06. The molecule has 0 fully saturated rings. The summed E-state index contributed by atoms with van der Waals surface area (Å²) in [5, 5.41) is 11.3. The van der Waals surface area contributed by atoms with Gasteiger partial charge >= 0.3 is 0 Å². The minimum atomic E-state index is -4.20. The van der Waals surface area contributed by atoms with Gasteiger partial charge in [0.2, 0.25) is 15.8 Å². The van der Waals surface area contributed by atoms with Gasteiger partial charge in [-0.05, 0) is 47.9 Å². The van der Waals surface area contributed by atoms with Gasteiger partial charge in [0.05, 0.1) is 0 Å². The molecule has 0 radical (unpaired) electrons. The highest BCUT2D eigenvalue weighted by atomic mass is 32.2. The van der Waals surface area contributed by atoms with Gasteiger partial charge in [-0.2, -0.15) is 10.1 Å². The Hall–Kier alpha value is -4.38. The van der Waals surface area contributed by atoms with E-state index in [1.165, 1.54) is 17.8 Å². The molecule has 0 atom stereocenters. The van der Waals surface area contributed by atoms with Gasteiger partial charge in [0.1, 0.15) is 22.3 Å². The Balaban J connectivity index is 1.47. The molecule has 2 aromatic heterocycles. The van der Waals surface area contributed by atoms with Crippen LogP contribution in [0.25, 0.3) is 12.2 Å². The molecular formula is C25H20F2N6O2S. The van der Waals surface area contributed by atoms with Gasteiger partial charge < -0.3 is 10.6 Å². The van der Waals surface area contributed by atoms with Crippen LogP contribution in [0.1, 0.15) is 16.7 Å². The number of aromatic nitrogens is 4. The van der Waals surface area contributed by atoms with Crippen LogP contribution in [0.4, 0.5) is 32.1 Å². The average Bonchev–Trinajstić information content (AvgIpc) is 3.46. The fourth-order valence-corrected chi connectivity index (χ4v) is 4.74. The lowest BCUT2D eigenvalue weighted by Gasteiger charge is -2.11. The number of rotatable bonds is 7. The maximum atomic E-state index is 14.1. The summed E-state index contributed by atoms with van der Waals surface area (Å²) in [6, 6.07) is 9.96. The van der Waals surface area contributed by atoms with Crippen LogP contribution in [-0.2, 0) is 23.3 Å². The molecule has 1 aliphatic carbocycles. The van der Waals surface area contributed by atoms with Crippen LogP contribution in [0.5, 0.6) is 0 Å². The lowest BCUT2D eigenvalue weighted by atomic mass is 10.1. The molecular weight excluding hydrogens is 486 g/mol. The predicted octanol–water partition coefficient (Wildman–Crippen LogP) is 4.99. The first-order chi connectivity index (χ1) is 17.3. The summed E-state index contributed by atoms with van der Waals surface area (Å²) in [5.41, 5.74) is 3.46. The van der Waals surface area contributed by atoms with Gasteiger partial charge in [0.15, 0.2) is 5.82 Å². The van der Waals surface area contributed by atoms with E-state index in [4.69, 9.17) is 0 Å². The van der Waals surface area contributed by atoms with E-state index in [9.17, 15) is 17.2 Å². The number of nitrogens with zero attached hydrogens (tertiary/aromatic N) is 4. The first-order valence-electron chi connectivity index (χ1n) is 10.9. The van der Waals surface area contributed by atoms with Crippen molar-refractivity contribution in [2.24, 2.45) is 7.05 Å². The van der Waals surface area contributed by atoms with E-state index in [0.717, 1.165) is 35.2 Å². The van der Waals surface area contributed by atoms with Crippen LogP contribution in [0.15, 0.2) is 71.2 Å². The van der Waals surface area contributed by atoms with Crippen molar-refractivity contribution in [1.82, 2.24) is 19.7 Å². The molecule has 0 spiro atoms. The van der Waals surface area contributed by atoms with Crippen LogP contribution in [0.3, 0.4) is 0 Å². The van der Waals surface area contributed by atoms with Crippen molar-refractivity contribution >= 4 is 45.3 Å². The normalized spacial score (nSPS) is 12.8. The third kappa shape index (κ3) is 5.01. The van der Waals surface area contributed by atoms with E-state index in [1.807, 2.05) is 24.3 Å². The second-order valence-corrected chi connectivity index (χ2v) is 9.87. The van der Waals surface area contributed by atoms with Gasteiger partial charge in [-0.25, -0.2) is 22.2 Å². The number of fused-ring (bicyclic) bond motifs is 1. The third-order valence-electron chi connectivity index (χ3n) is 5.44. The molecule has 182 valence electrons. The number of hydrogen-bond acceptors (Lipinski definition) is 7. The summed E-state index contributed by atoms with van der Waals surface area (Å²) in [6.45, 7) is 0. The number of allylic oxidation sites excluding steroid dienone is 1. The van der Waals surface area contributed by atoms with Crippen LogP contribution in [0, 0.1) is 11.6 Å². The molecule has 8 nitrogen and oxygen atoms in total. The highest BCUT2D eigenvalue weighted by Gasteiger charge is 2.18. The van der Waals surface area contributed by atoms with Crippen molar-refractivity contribution in [2.75, 3.05) is 10.6 Å². The Morgan fingerprint density at radius 3 is 2.72 bits per heavy atom. The summed E-state index contributed by atoms with van der Waals surface area (Å²) in [7, 11) is -2.45. The zero-order valence-electron chi connectivity index (χ0n) is 19.0. The van der Waals surface area contributed by atoms with Gasteiger partial charge in [-0.1, -0.05) is 18.2 Å². The van der Waals surface area contributed by atoms with Crippen molar-refractivity contribution in [3.8, 4) is 0 Å². The lowest BCUT2D eigenvalue weighted by molar-refractivity contribution is 0.552. The minimum absolute atomic E-state index is 0.276. The quantitative estimate of drug-likeness (QED) is 0.341. The SMILES string of the molecule is Cn1ccc(Nc2nc(Nc3ccc4c(c3)C=CC4)ncc2/C=C/S(=O)(=O)c2ccc(F)cc2F)n1. The fraction of sp³-hybridized carbons (Fsp3) is 0.0800. The van der Waals surface area contributed by atoms with Crippen molar-refractivity contribution in [3.05, 3.63) is 94.7 Å². The van der Waals surface area contributed by atoms with Crippen LogP contribution in [-0.4, -0.2) is 28.2 Å². The molecule has 0 unspecified atom stereocenters. The summed E-state index contributed by atoms with van der Waals surface area (Å²) in [6.07, 6.45) is 9.45. The Labute approximate surface area is 206 Å². The zero-order valence-corrected chi connectivity index (χ0v) is 19.8. The Kier molecular flexibility index (Phi) is 6.06. The first kappa shape index (κ1) is 23.4. The molecule has 0 bridgehead atoms. The zero-order chi connectivity index (χ0) is 25.3. The summed E-state index contributed by atoms with van der Waals surface area (Å²) in [5.74, 6) is -1.01. The molecule has 1 aliphatic rings.